The highest BCUT2D eigenvalue weighted by Gasteiger charge is 2.24. The molecule has 4 rings (SSSR count). The van der Waals surface area contributed by atoms with Crippen molar-refractivity contribution in [3.05, 3.63) is 101 Å². The Bertz CT molecular complexity index is 1360. The predicted octanol–water partition coefficient (Wildman–Crippen LogP) is 5.91. The molecule has 7 nitrogen and oxygen atoms in total. The van der Waals surface area contributed by atoms with Crippen molar-refractivity contribution in [2.45, 2.75) is 53.0 Å². The third-order valence-electron chi connectivity index (χ3n) is 6.25. The molecule has 0 aliphatic heterocycles. The van der Waals surface area contributed by atoms with E-state index in [0.29, 0.717) is 17.1 Å². The fourth-order valence-corrected chi connectivity index (χ4v) is 4.03. The molecule has 7 heteroatoms. The molecule has 0 saturated heterocycles. The normalized spacial score (nSPS) is 11.4. The summed E-state index contributed by atoms with van der Waals surface area (Å²) in [5.41, 5.74) is 4.23. The molecule has 1 N–H and O–H groups in total. The molecule has 0 aliphatic rings. The number of benzene rings is 2. The van der Waals surface area contributed by atoms with Gasteiger partial charge in [-0.2, -0.15) is 5.10 Å². The van der Waals surface area contributed by atoms with Gasteiger partial charge < -0.3 is 14.6 Å². The van der Waals surface area contributed by atoms with Crippen LogP contribution in [0.3, 0.4) is 0 Å². The first-order valence-electron chi connectivity index (χ1n) is 12.5. The van der Waals surface area contributed by atoms with Gasteiger partial charge in [0, 0.05) is 17.0 Å². The Kier molecular flexibility index (Phi) is 7.62. The van der Waals surface area contributed by atoms with Gasteiger partial charge in [-0.15, -0.1) is 0 Å². The molecule has 0 spiro atoms. The highest BCUT2D eigenvalue weighted by molar-refractivity contribution is 5.99. The van der Waals surface area contributed by atoms with Crippen molar-refractivity contribution in [2.24, 2.45) is 0 Å². The molecule has 192 valence electrons. The monoisotopic (exact) mass is 498 g/mol. The van der Waals surface area contributed by atoms with Crippen LogP contribution in [0, 0.1) is 6.92 Å². The average molecular weight is 499 g/mol. The Labute approximate surface area is 218 Å². The largest absolute Gasteiger partial charge is 0.467 e. The first kappa shape index (κ1) is 25.9. The second-order valence-electron chi connectivity index (χ2n) is 10.2. The zero-order valence-electron chi connectivity index (χ0n) is 22.1. The van der Waals surface area contributed by atoms with Crippen molar-refractivity contribution in [1.82, 2.24) is 14.7 Å². The molecular weight excluding hydrogens is 464 g/mol. The molecule has 0 fully saturated rings. The molecule has 2 amide bonds. The number of carbonyl (C=O) groups is 2. The highest BCUT2D eigenvalue weighted by atomic mass is 16.3. The molecule has 37 heavy (non-hydrogen) atoms. The van der Waals surface area contributed by atoms with E-state index in [1.54, 1.807) is 35.2 Å². The van der Waals surface area contributed by atoms with Crippen molar-refractivity contribution in [3.63, 3.8) is 0 Å². The van der Waals surface area contributed by atoms with E-state index in [1.165, 1.54) is 4.90 Å². The minimum atomic E-state index is -0.319. The second kappa shape index (κ2) is 10.9. The number of furan rings is 1. The topological polar surface area (TPSA) is 80.4 Å². The molecule has 4 aromatic rings. The van der Waals surface area contributed by atoms with E-state index in [4.69, 9.17) is 9.52 Å². The fraction of sp³-hybridized carbons (Fsp3) is 0.300. The van der Waals surface area contributed by atoms with Gasteiger partial charge in [0.05, 0.1) is 24.2 Å². The number of para-hydroxylation sites is 1. The van der Waals surface area contributed by atoms with Crippen LogP contribution >= 0.6 is 0 Å². The van der Waals surface area contributed by atoms with E-state index in [0.717, 1.165) is 28.9 Å². The van der Waals surface area contributed by atoms with Gasteiger partial charge >= 0.3 is 0 Å². The number of aryl methyl sites for hydroxylation is 2. The molecule has 2 aromatic carbocycles. The number of amides is 2. The summed E-state index contributed by atoms with van der Waals surface area (Å²) in [6.45, 7) is 10.4. The smallest absolute Gasteiger partial charge is 0.254 e. The van der Waals surface area contributed by atoms with E-state index < -0.39 is 0 Å². The summed E-state index contributed by atoms with van der Waals surface area (Å²) in [5, 5.41) is 7.81. The second-order valence-corrected chi connectivity index (χ2v) is 10.2. The van der Waals surface area contributed by atoms with Gasteiger partial charge in [0.1, 0.15) is 18.1 Å². The van der Waals surface area contributed by atoms with Gasteiger partial charge in [0.25, 0.3) is 5.91 Å². The molecule has 0 bridgehead atoms. The lowest BCUT2D eigenvalue weighted by atomic mass is 9.92. The molecule has 0 atom stereocenters. The van der Waals surface area contributed by atoms with Crippen LogP contribution in [0.15, 0.2) is 77.4 Å². The van der Waals surface area contributed by atoms with Crippen LogP contribution in [-0.4, -0.2) is 33.0 Å². The Morgan fingerprint density at radius 3 is 2.38 bits per heavy atom. The quantitative estimate of drug-likeness (QED) is 0.327. The first-order valence-corrected chi connectivity index (χ1v) is 12.5. The number of hydrogen-bond acceptors (Lipinski definition) is 4. The summed E-state index contributed by atoms with van der Waals surface area (Å²) in [6, 6.07) is 20.8. The number of rotatable bonds is 8. The average Bonchev–Trinajstić information content (AvgIpc) is 3.53. The van der Waals surface area contributed by atoms with Crippen molar-refractivity contribution in [2.75, 3.05) is 11.9 Å². The van der Waals surface area contributed by atoms with Gasteiger partial charge in [-0.3, -0.25) is 9.59 Å². The zero-order valence-corrected chi connectivity index (χ0v) is 22.1. The third-order valence-corrected chi connectivity index (χ3v) is 6.25. The SMILES string of the molecule is CCc1ccc(C(=O)N(CC(=O)Nc2cc(C(C)(C)C)nn2-c2ccccc2C)Cc2ccco2)cc1. The molecule has 0 saturated carbocycles. The van der Waals surface area contributed by atoms with Crippen molar-refractivity contribution in [1.29, 1.82) is 0 Å². The molecule has 0 unspecified atom stereocenters. The fourth-order valence-electron chi connectivity index (χ4n) is 4.03. The number of aromatic nitrogens is 2. The maximum Gasteiger partial charge on any atom is 0.254 e. The lowest BCUT2D eigenvalue weighted by molar-refractivity contribution is -0.117. The van der Waals surface area contributed by atoms with Crippen molar-refractivity contribution >= 4 is 17.6 Å². The van der Waals surface area contributed by atoms with Crippen LogP contribution in [0.2, 0.25) is 0 Å². The zero-order chi connectivity index (χ0) is 26.6. The van der Waals surface area contributed by atoms with Crippen LogP contribution in [0.5, 0.6) is 0 Å². The van der Waals surface area contributed by atoms with Crippen molar-refractivity contribution < 1.29 is 14.0 Å². The first-order chi connectivity index (χ1) is 17.7. The van der Waals surface area contributed by atoms with Gasteiger partial charge in [0.2, 0.25) is 5.91 Å². The summed E-state index contributed by atoms with van der Waals surface area (Å²) in [4.78, 5) is 28.2. The number of hydrogen-bond donors (Lipinski definition) is 1. The van der Waals surface area contributed by atoms with E-state index in [2.05, 4.69) is 33.0 Å². The predicted molar refractivity (Wildman–Crippen MR) is 145 cm³/mol. The third kappa shape index (κ3) is 6.17. The molecule has 2 aromatic heterocycles. The standard InChI is InChI=1S/C30H34N4O3/c1-6-22-13-15-23(16-14-22)29(36)33(19-24-11-9-17-37-24)20-28(35)31-27-18-26(30(3,4)5)32-34(27)25-12-8-7-10-21(25)2/h7-18H,6,19-20H2,1-5H3,(H,31,35). The van der Waals surface area contributed by atoms with Gasteiger partial charge in [-0.1, -0.05) is 58.0 Å². The van der Waals surface area contributed by atoms with Crippen LogP contribution in [0.4, 0.5) is 5.82 Å². The summed E-state index contributed by atoms with van der Waals surface area (Å²) >= 11 is 0. The molecular formula is C30H34N4O3. The maximum absolute atomic E-state index is 13.4. The van der Waals surface area contributed by atoms with Crippen LogP contribution < -0.4 is 5.32 Å². The Hall–Kier alpha value is -4.13. The Balaban J connectivity index is 1.61. The van der Waals surface area contributed by atoms with Crippen LogP contribution in [0.25, 0.3) is 5.69 Å². The van der Waals surface area contributed by atoms with Gasteiger partial charge in [-0.05, 0) is 54.8 Å². The number of nitrogens with one attached hydrogen (secondary N) is 1. The minimum absolute atomic E-state index is 0.140. The van der Waals surface area contributed by atoms with E-state index in [1.807, 2.05) is 49.4 Å². The molecule has 0 aliphatic carbocycles. The molecule has 2 heterocycles. The van der Waals surface area contributed by atoms with Crippen LogP contribution in [-0.2, 0) is 23.2 Å². The highest BCUT2D eigenvalue weighted by Crippen LogP contribution is 2.27. The lowest BCUT2D eigenvalue weighted by Gasteiger charge is -2.21. The number of nitrogens with zero attached hydrogens (tertiary/aromatic N) is 3. The van der Waals surface area contributed by atoms with E-state index >= 15 is 0 Å². The molecule has 0 radical (unpaired) electrons. The van der Waals surface area contributed by atoms with Crippen molar-refractivity contribution in [3.8, 4) is 5.69 Å². The number of carbonyl (C=O) groups excluding carboxylic acids is 2. The summed E-state index contributed by atoms with van der Waals surface area (Å²) in [7, 11) is 0. The Morgan fingerprint density at radius 1 is 1.03 bits per heavy atom. The number of anilines is 1. The van der Waals surface area contributed by atoms with Gasteiger partial charge in [0.15, 0.2) is 0 Å². The summed E-state index contributed by atoms with van der Waals surface area (Å²) in [5.74, 6) is 0.602. The summed E-state index contributed by atoms with van der Waals surface area (Å²) < 4.78 is 7.24. The minimum Gasteiger partial charge on any atom is -0.467 e. The van der Waals surface area contributed by atoms with E-state index in [-0.39, 0.29) is 30.3 Å². The Morgan fingerprint density at radius 2 is 1.76 bits per heavy atom. The van der Waals surface area contributed by atoms with Crippen LogP contribution in [0.1, 0.15) is 60.6 Å². The van der Waals surface area contributed by atoms with E-state index in [9.17, 15) is 9.59 Å². The lowest BCUT2D eigenvalue weighted by Crippen LogP contribution is -2.37. The van der Waals surface area contributed by atoms with Gasteiger partial charge in [-0.25, -0.2) is 4.68 Å². The maximum atomic E-state index is 13.4. The summed E-state index contributed by atoms with van der Waals surface area (Å²) in [6.07, 6.45) is 2.45.